The minimum absolute atomic E-state index is 0.218. The molecule has 2 fully saturated rings. The van der Waals surface area contributed by atoms with Gasteiger partial charge in [-0.2, -0.15) is 0 Å². The van der Waals surface area contributed by atoms with E-state index in [2.05, 4.69) is 5.32 Å². The summed E-state index contributed by atoms with van der Waals surface area (Å²) in [5.74, 6) is 0. The Morgan fingerprint density at radius 1 is 1.00 bits per heavy atom. The third-order valence-electron chi connectivity index (χ3n) is 4.25. The maximum Gasteiger partial charge on any atom is 0.185 e. The van der Waals surface area contributed by atoms with E-state index in [1.807, 2.05) is 0 Å². The van der Waals surface area contributed by atoms with E-state index in [4.69, 9.17) is 14.2 Å². The van der Waals surface area contributed by atoms with E-state index in [0.717, 1.165) is 38.8 Å². The van der Waals surface area contributed by atoms with Gasteiger partial charge in [0.15, 0.2) is 6.29 Å². The van der Waals surface area contributed by atoms with Gasteiger partial charge >= 0.3 is 0 Å². The van der Waals surface area contributed by atoms with E-state index in [0.29, 0.717) is 6.10 Å². The van der Waals surface area contributed by atoms with E-state index in [1.165, 1.54) is 19.3 Å². The van der Waals surface area contributed by atoms with E-state index >= 15 is 0 Å². The minimum Gasteiger partial charge on any atom is -0.366 e. The van der Waals surface area contributed by atoms with Crippen molar-refractivity contribution in [1.82, 2.24) is 5.32 Å². The van der Waals surface area contributed by atoms with Crippen molar-refractivity contribution >= 4 is 0 Å². The topological polar surface area (TPSA) is 39.7 Å². The Hall–Kier alpha value is -0.160. The van der Waals surface area contributed by atoms with Crippen molar-refractivity contribution in [3.8, 4) is 0 Å². The molecule has 4 heteroatoms. The monoisotopic (exact) mass is 257 g/mol. The molecular weight excluding hydrogens is 230 g/mol. The van der Waals surface area contributed by atoms with Gasteiger partial charge < -0.3 is 19.5 Å². The van der Waals surface area contributed by atoms with Crippen LogP contribution >= 0.6 is 0 Å². The van der Waals surface area contributed by atoms with Gasteiger partial charge in [0.2, 0.25) is 0 Å². The summed E-state index contributed by atoms with van der Waals surface area (Å²) in [7, 11) is 3.44. The molecule has 0 aromatic rings. The van der Waals surface area contributed by atoms with Crippen LogP contribution < -0.4 is 5.32 Å². The lowest BCUT2D eigenvalue weighted by atomic mass is 9.83. The van der Waals surface area contributed by atoms with Crippen LogP contribution in [0.4, 0.5) is 0 Å². The highest BCUT2D eigenvalue weighted by molar-refractivity contribution is 4.90. The van der Waals surface area contributed by atoms with Crippen LogP contribution in [0.1, 0.15) is 44.9 Å². The van der Waals surface area contributed by atoms with Crippen LogP contribution in [0.25, 0.3) is 0 Å². The van der Waals surface area contributed by atoms with Crippen molar-refractivity contribution in [3.05, 3.63) is 0 Å². The predicted molar refractivity (Wildman–Crippen MR) is 70.6 cm³/mol. The lowest BCUT2D eigenvalue weighted by molar-refractivity contribution is -0.261. The lowest BCUT2D eigenvalue weighted by Gasteiger charge is -2.44. The molecule has 1 saturated carbocycles. The molecule has 0 spiro atoms. The predicted octanol–water partition coefficient (Wildman–Crippen LogP) is 2.08. The Bertz CT molecular complexity index is 231. The highest BCUT2D eigenvalue weighted by atomic mass is 16.7. The first-order chi connectivity index (χ1) is 8.80. The first kappa shape index (κ1) is 14.3. The number of piperidine rings is 1. The van der Waals surface area contributed by atoms with Gasteiger partial charge in [-0.1, -0.05) is 19.3 Å². The molecule has 2 aliphatic rings. The number of rotatable bonds is 5. The van der Waals surface area contributed by atoms with Crippen LogP contribution in [0.15, 0.2) is 0 Å². The summed E-state index contributed by atoms with van der Waals surface area (Å²) in [5.41, 5.74) is -0.218. The number of hydrogen-bond donors (Lipinski definition) is 1. The standard InChI is InChI=1S/C14H27NO3/c1-16-13(17-2)14(8-4-3-5-9-14)18-12-6-10-15-11-7-12/h12-13,15H,3-11H2,1-2H3. The van der Waals surface area contributed by atoms with E-state index < -0.39 is 0 Å². The van der Waals surface area contributed by atoms with Gasteiger partial charge in [-0.05, 0) is 38.8 Å². The highest BCUT2D eigenvalue weighted by Crippen LogP contribution is 2.38. The molecular formula is C14H27NO3. The van der Waals surface area contributed by atoms with Crippen LogP contribution in [0.5, 0.6) is 0 Å². The molecule has 1 N–H and O–H groups in total. The molecule has 0 atom stereocenters. The average molecular weight is 257 g/mol. The first-order valence-electron chi connectivity index (χ1n) is 7.25. The summed E-state index contributed by atoms with van der Waals surface area (Å²) in [4.78, 5) is 0. The second kappa shape index (κ2) is 6.85. The van der Waals surface area contributed by atoms with Crippen molar-refractivity contribution in [3.63, 3.8) is 0 Å². The third kappa shape index (κ3) is 3.23. The molecule has 0 aromatic heterocycles. The van der Waals surface area contributed by atoms with Gasteiger partial charge in [0.05, 0.1) is 6.10 Å². The molecule has 1 aliphatic carbocycles. The van der Waals surface area contributed by atoms with E-state index in [-0.39, 0.29) is 11.9 Å². The molecule has 2 rings (SSSR count). The summed E-state index contributed by atoms with van der Waals surface area (Å²) < 4.78 is 17.5. The maximum absolute atomic E-state index is 6.47. The number of methoxy groups -OCH3 is 2. The van der Waals surface area contributed by atoms with Gasteiger partial charge in [-0.25, -0.2) is 0 Å². The zero-order chi connectivity index (χ0) is 12.8. The Morgan fingerprint density at radius 3 is 2.17 bits per heavy atom. The minimum atomic E-state index is -0.229. The number of ether oxygens (including phenoxy) is 3. The van der Waals surface area contributed by atoms with Crippen LogP contribution in [-0.2, 0) is 14.2 Å². The van der Waals surface area contributed by atoms with Crippen molar-refractivity contribution in [1.29, 1.82) is 0 Å². The zero-order valence-electron chi connectivity index (χ0n) is 11.7. The fraction of sp³-hybridized carbons (Fsp3) is 1.00. The van der Waals surface area contributed by atoms with E-state index in [1.54, 1.807) is 14.2 Å². The summed E-state index contributed by atoms with van der Waals surface area (Å²) >= 11 is 0. The number of hydrogen-bond acceptors (Lipinski definition) is 4. The molecule has 0 amide bonds. The van der Waals surface area contributed by atoms with Crippen molar-refractivity contribution in [2.45, 2.75) is 62.9 Å². The van der Waals surface area contributed by atoms with Crippen LogP contribution in [0.2, 0.25) is 0 Å². The van der Waals surface area contributed by atoms with Crippen molar-refractivity contribution in [2.75, 3.05) is 27.3 Å². The Morgan fingerprint density at radius 2 is 1.61 bits per heavy atom. The summed E-state index contributed by atoms with van der Waals surface area (Å²) in [6.45, 7) is 2.12. The third-order valence-corrected chi connectivity index (χ3v) is 4.25. The molecule has 18 heavy (non-hydrogen) atoms. The van der Waals surface area contributed by atoms with Gasteiger partial charge in [0.25, 0.3) is 0 Å². The molecule has 1 heterocycles. The lowest BCUT2D eigenvalue weighted by Crippen LogP contribution is -2.51. The first-order valence-corrected chi connectivity index (χ1v) is 7.25. The summed E-state index contributed by atoms with van der Waals surface area (Å²) in [6.07, 6.45) is 8.18. The van der Waals surface area contributed by atoms with Crippen LogP contribution in [-0.4, -0.2) is 45.3 Å². The normalized spacial score (nSPS) is 25.5. The van der Waals surface area contributed by atoms with Gasteiger partial charge in [0.1, 0.15) is 5.60 Å². The Balaban J connectivity index is 2.02. The molecule has 0 aromatic carbocycles. The average Bonchev–Trinajstić information content (AvgIpc) is 2.42. The molecule has 0 radical (unpaired) electrons. The zero-order valence-corrected chi connectivity index (χ0v) is 11.7. The second-order valence-electron chi connectivity index (χ2n) is 5.50. The SMILES string of the molecule is COC(OC)C1(OC2CCNCC2)CCCCC1. The molecule has 0 unspecified atom stereocenters. The fourth-order valence-corrected chi connectivity index (χ4v) is 3.33. The number of nitrogens with one attached hydrogen (secondary N) is 1. The second-order valence-corrected chi connectivity index (χ2v) is 5.50. The quantitative estimate of drug-likeness (QED) is 0.765. The van der Waals surface area contributed by atoms with Crippen LogP contribution in [0, 0.1) is 0 Å². The molecule has 106 valence electrons. The van der Waals surface area contributed by atoms with Crippen molar-refractivity contribution < 1.29 is 14.2 Å². The summed E-state index contributed by atoms with van der Waals surface area (Å²) in [6, 6.07) is 0. The van der Waals surface area contributed by atoms with Crippen LogP contribution in [0.3, 0.4) is 0 Å². The molecule has 1 saturated heterocycles. The van der Waals surface area contributed by atoms with Gasteiger partial charge in [-0.3, -0.25) is 0 Å². The maximum atomic E-state index is 6.47. The Kier molecular flexibility index (Phi) is 5.42. The highest BCUT2D eigenvalue weighted by Gasteiger charge is 2.43. The van der Waals surface area contributed by atoms with E-state index in [9.17, 15) is 0 Å². The molecule has 1 aliphatic heterocycles. The summed E-state index contributed by atoms with van der Waals surface area (Å²) in [5, 5.41) is 3.38. The smallest absolute Gasteiger partial charge is 0.185 e. The van der Waals surface area contributed by atoms with Gasteiger partial charge in [-0.15, -0.1) is 0 Å². The Labute approximate surface area is 110 Å². The molecule has 0 bridgehead atoms. The van der Waals surface area contributed by atoms with Gasteiger partial charge in [0, 0.05) is 14.2 Å². The van der Waals surface area contributed by atoms with Crippen molar-refractivity contribution in [2.24, 2.45) is 0 Å². The largest absolute Gasteiger partial charge is 0.366 e. The fourth-order valence-electron chi connectivity index (χ4n) is 3.33. The molecule has 4 nitrogen and oxygen atoms in total.